The predicted molar refractivity (Wildman–Crippen MR) is 151 cm³/mol. The number of hydrogen-bond acceptors (Lipinski definition) is 6. The second-order valence-corrected chi connectivity index (χ2v) is 9.23. The Morgan fingerprint density at radius 1 is 1.13 bits per heavy atom. The van der Waals surface area contributed by atoms with E-state index in [-0.39, 0.29) is 29.9 Å². The van der Waals surface area contributed by atoms with Crippen molar-refractivity contribution < 1.29 is 18.6 Å². The molecule has 0 aliphatic carbocycles. The summed E-state index contributed by atoms with van der Waals surface area (Å²) in [5.41, 5.74) is 10.0. The molecule has 1 aromatic heterocycles. The number of halogens is 1. The van der Waals surface area contributed by atoms with E-state index in [1.807, 2.05) is 45.0 Å². The highest BCUT2D eigenvalue weighted by atomic mass is 19.1. The Morgan fingerprint density at radius 3 is 2.54 bits per heavy atom. The molecule has 9 heteroatoms. The second-order valence-electron chi connectivity index (χ2n) is 9.23. The van der Waals surface area contributed by atoms with Gasteiger partial charge in [0.25, 0.3) is 0 Å². The van der Waals surface area contributed by atoms with Gasteiger partial charge in [-0.2, -0.15) is 0 Å². The molecule has 0 aliphatic rings. The summed E-state index contributed by atoms with van der Waals surface area (Å²) in [7, 11) is 1.66. The maximum absolute atomic E-state index is 16.0. The largest absolute Gasteiger partial charge is 0.494 e. The van der Waals surface area contributed by atoms with Gasteiger partial charge in [0.2, 0.25) is 0 Å². The zero-order valence-corrected chi connectivity index (χ0v) is 22.6. The fourth-order valence-corrected chi connectivity index (χ4v) is 4.28. The third kappa shape index (κ3) is 6.56. The maximum atomic E-state index is 16.0. The van der Waals surface area contributed by atoms with Gasteiger partial charge in [0.05, 0.1) is 43.4 Å². The topological polar surface area (TPSA) is 109 Å². The quantitative estimate of drug-likeness (QED) is 0.149. The number of hydrogen-bond donors (Lipinski definition) is 3. The lowest BCUT2D eigenvalue weighted by molar-refractivity contribution is 0.185. The van der Waals surface area contributed by atoms with Crippen LogP contribution >= 0.6 is 0 Å². The number of nitrogens with one attached hydrogen (secondary N) is 2. The van der Waals surface area contributed by atoms with Crippen LogP contribution in [0.4, 0.5) is 15.8 Å². The van der Waals surface area contributed by atoms with Crippen LogP contribution in [0, 0.1) is 11.2 Å². The molecule has 0 amide bonds. The van der Waals surface area contributed by atoms with Gasteiger partial charge < -0.3 is 29.8 Å². The van der Waals surface area contributed by atoms with Crippen molar-refractivity contribution in [2.24, 2.45) is 5.73 Å². The zero-order chi connectivity index (χ0) is 27.9. The number of nitrogens with two attached hydrogens (primary N) is 1. The average molecular weight is 532 g/mol. The van der Waals surface area contributed by atoms with Crippen molar-refractivity contribution in [2.75, 3.05) is 18.6 Å². The molecule has 0 radical (unpaired) electrons. The summed E-state index contributed by atoms with van der Waals surface area (Å²) >= 11 is 0. The first-order chi connectivity index (χ1) is 18.8. The molecule has 0 saturated carbocycles. The Balaban J connectivity index is 1.79. The molecule has 4 aromatic rings. The average Bonchev–Trinajstić information content (AvgIpc) is 3.38. The number of benzene rings is 3. The predicted octanol–water partition coefficient (Wildman–Crippen LogP) is 6.17. The minimum atomic E-state index is -0.514. The lowest BCUT2D eigenvalue weighted by atomic mass is 10.1. The molecular weight excluding hydrogens is 497 g/mol. The molecule has 0 atom stereocenters. The standard InChI is InChI=1S/C30H34FN5O3/c1-5-38-23-14-26(29(31)27(15-23)39-19(2)3)36(22-12-10-20(11-13-22)30(32)33)17-28-34-16-25(35-28)24-9-7-6-8-21(24)18-37-4/h6-16,19H,5,17-18H2,1-4H3,(H3,32,33)(H,34,35). The molecule has 3 aromatic carbocycles. The van der Waals surface area contributed by atoms with Crippen LogP contribution in [0.15, 0.2) is 66.9 Å². The molecule has 8 nitrogen and oxygen atoms in total. The monoisotopic (exact) mass is 531 g/mol. The third-order valence-electron chi connectivity index (χ3n) is 5.99. The summed E-state index contributed by atoms with van der Waals surface area (Å²) < 4.78 is 32.9. The van der Waals surface area contributed by atoms with E-state index < -0.39 is 5.82 Å². The van der Waals surface area contributed by atoms with E-state index >= 15 is 4.39 Å². The summed E-state index contributed by atoms with van der Waals surface area (Å²) in [4.78, 5) is 9.79. The van der Waals surface area contributed by atoms with Crippen LogP contribution in [-0.2, 0) is 17.9 Å². The van der Waals surface area contributed by atoms with Crippen molar-refractivity contribution >= 4 is 17.2 Å². The van der Waals surface area contributed by atoms with Crippen LogP contribution < -0.4 is 20.1 Å². The minimum Gasteiger partial charge on any atom is -0.494 e. The fourth-order valence-electron chi connectivity index (χ4n) is 4.28. The Kier molecular flexibility index (Phi) is 8.83. The molecule has 0 aliphatic heterocycles. The zero-order valence-electron chi connectivity index (χ0n) is 22.6. The van der Waals surface area contributed by atoms with Crippen LogP contribution in [0.1, 0.15) is 37.7 Å². The Bertz CT molecular complexity index is 1420. The SMILES string of the molecule is CCOc1cc(OC(C)C)c(F)c(N(Cc2ncc(-c3ccccc3COC)[nH]2)c2ccc(C(=N)N)cc2)c1. The van der Waals surface area contributed by atoms with Gasteiger partial charge in [0.1, 0.15) is 17.4 Å². The van der Waals surface area contributed by atoms with Gasteiger partial charge in [-0.25, -0.2) is 9.37 Å². The summed E-state index contributed by atoms with van der Waals surface area (Å²) in [5, 5.41) is 7.74. The van der Waals surface area contributed by atoms with E-state index in [1.54, 1.807) is 54.6 Å². The molecular formula is C30H34FN5O3. The van der Waals surface area contributed by atoms with Crippen LogP contribution in [0.25, 0.3) is 11.3 Å². The number of nitrogen functional groups attached to an aromatic ring is 1. The summed E-state index contributed by atoms with van der Waals surface area (Å²) in [6, 6.07) is 18.2. The van der Waals surface area contributed by atoms with Crippen molar-refractivity contribution in [1.82, 2.24) is 9.97 Å². The molecule has 4 rings (SSSR count). The van der Waals surface area contributed by atoms with Gasteiger partial charge in [-0.15, -0.1) is 0 Å². The van der Waals surface area contributed by atoms with Crippen molar-refractivity contribution in [3.8, 4) is 22.8 Å². The molecule has 0 bridgehead atoms. The first kappa shape index (κ1) is 27.7. The number of imidazole rings is 1. The van der Waals surface area contributed by atoms with Gasteiger partial charge in [-0.05, 0) is 50.6 Å². The molecule has 0 fully saturated rings. The van der Waals surface area contributed by atoms with Crippen LogP contribution in [0.5, 0.6) is 11.5 Å². The van der Waals surface area contributed by atoms with Gasteiger partial charge >= 0.3 is 0 Å². The lowest BCUT2D eigenvalue weighted by Crippen LogP contribution is -2.20. The van der Waals surface area contributed by atoms with Crippen molar-refractivity contribution in [3.63, 3.8) is 0 Å². The van der Waals surface area contributed by atoms with Gasteiger partial charge in [0.15, 0.2) is 11.6 Å². The highest BCUT2D eigenvalue weighted by molar-refractivity contribution is 5.95. The maximum Gasteiger partial charge on any atom is 0.188 e. The highest BCUT2D eigenvalue weighted by Crippen LogP contribution is 2.38. The number of nitrogens with zero attached hydrogens (tertiary/aromatic N) is 2. The smallest absolute Gasteiger partial charge is 0.188 e. The number of amidine groups is 1. The van der Waals surface area contributed by atoms with Crippen LogP contribution in [-0.4, -0.2) is 35.6 Å². The van der Waals surface area contributed by atoms with Crippen molar-refractivity contribution in [3.05, 3.63) is 89.6 Å². The van der Waals surface area contributed by atoms with E-state index in [1.165, 1.54) is 0 Å². The number of rotatable bonds is 12. The normalized spacial score (nSPS) is 11.0. The first-order valence-electron chi connectivity index (χ1n) is 12.8. The molecule has 1 heterocycles. The molecule has 4 N–H and O–H groups in total. The fraction of sp³-hybridized carbons (Fsp3) is 0.267. The van der Waals surface area contributed by atoms with Crippen molar-refractivity contribution in [1.29, 1.82) is 5.41 Å². The van der Waals surface area contributed by atoms with Crippen LogP contribution in [0.2, 0.25) is 0 Å². The number of aromatic nitrogens is 2. The summed E-state index contributed by atoms with van der Waals surface area (Å²) in [6.45, 7) is 6.66. The van der Waals surface area contributed by atoms with Crippen LogP contribution in [0.3, 0.4) is 0 Å². The molecule has 0 spiro atoms. The summed E-state index contributed by atoms with van der Waals surface area (Å²) in [6.07, 6.45) is 1.54. The molecule has 39 heavy (non-hydrogen) atoms. The number of methoxy groups -OCH3 is 1. The lowest BCUT2D eigenvalue weighted by Gasteiger charge is -2.26. The summed E-state index contributed by atoms with van der Waals surface area (Å²) in [5.74, 6) is 0.657. The minimum absolute atomic E-state index is 0.0457. The number of H-pyrrole nitrogens is 1. The Hall–Kier alpha value is -4.37. The Labute approximate surface area is 228 Å². The molecule has 204 valence electrons. The Morgan fingerprint density at radius 2 is 1.87 bits per heavy atom. The van der Waals surface area contributed by atoms with Gasteiger partial charge in [-0.1, -0.05) is 24.3 Å². The van der Waals surface area contributed by atoms with E-state index in [0.29, 0.717) is 36.0 Å². The number of ether oxygens (including phenoxy) is 3. The first-order valence-corrected chi connectivity index (χ1v) is 12.8. The van der Waals surface area contributed by atoms with E-state index in [0.717, 1.165) is 16.8 Å². The third-order valence-corrected chi connectivity index (χ3v) is 5.99. The number of anilines is 2. The highest BCUT2D eigenvalue weighted by Gasteiger charge is 2.22. The van der Waals surface area contributed by atoms with Gasteiger partial charge in [-0.3, -0.25) is 5.41 Å². The molecule has 0 unspecified atom stereocenters. The van der Waals surface area contributed by atoms with E-state index in [2.05, 4.69) is 9.97 Å². The number of aromatic amines is 1. The van der Waals surface area contributed by atoms with Crippen molar-refractivity contribution in [2.45, 2.75) is 40.0 Å². The van der Waals surface area contributed by atoms with E-state index in [4.69, 9.17) is 25.4 Å². The van der Waals surface area contributed by atoms with E-state index in [9.17, 15) is 0 Å². The molecule has 0 saturated heterocycles. The second kappa shape index (κ2) is 12.4. The van der Waals surface area contributed by atoms with Gasteiger partial charge in [0, 0.05) is 36.1 Å².